The standard InChI is InChI=1S/C66H38B2N2O3S/c1-4-19-39(20-5-1)42-27-18-28-43(40-21-6-2-7-22-40)64(42)70-51-37-58-49(68-47-30-13-17-34-55(47)73-66-61-45-26-11-16-33-54(45)72-57(61)38-59(74-58)63(66)68)35-48(51)67-46-29-12-14-31-50(46)69(41-23-8-3-9-24-41)65-60-44-25-10-15-32-53(44)71-56(60)36-52(70)62(65)67/h1-38H. The van der Waals surface area contributed by atoms with E-state index in [-0.39, 0.29) is 13.4 Å². The minimum Gasteiger partial charge on any atom is -0.458 e. The summed E-state index contributed by atoms with van der Waals surface area (Å²) < 4.78 is 20.9. The first-order chi connectivity index (χ1) is 36.7. The van der Waals surface area contributed by atoms with Gasteiger partial charge in [-0.3, -0.25) is 0 Å². The van der Waals surface area contributed by atoms with E-state index >= 15 is 0 Å². The van der Waals surface area contributed by atoms with Gasteiger partial charge in [-0.05, 0) is 87.0 Å². The molecule has 0 amide bonds. The molecule has 0 N–H and O–H groups in total. The molecule has 0 fully saturated rings. The van der Waals surface area contributed by atoms with Crippen LogP contribution in [0.25, 0.3) is 66.1 Å². The van der Waals surface area contributed by atoms with Gasteiger partial charge in [-0.25, -0.2) is 0 Å². The average molecular weight is 961 g/mol. The first kappa shape index (κ1) is 40.5. The van der Waals surface area contributed by atoms with Gasteiger partial charge < -0.3 is 23.4 Å². The number of rotatable bonds is 4. The van der Waals surface area contributed by atoms with Crippen molar-refractivity contribution in [3.05, 3.63) is 231 Å². The predicted octanol–water partition coefficient (Wildman–Crippen LogP) is 14.0. The molecule has 0 bridgehead atoms. The molecule has 4 aliphatic rings. The van der Waals surface area contributed by atoms with E-state index in [0.717, 1.165) is 122 Å². The van der Waals surface area contributed by atoms with Crippen molar-refractivity contribution in [3.8, 4) is 33.8 Å². The fourth-order valence-electron chi connectivity index (χ4n) is 13.0. The molecule has 342 valence electrons. The molecule has 2 aromatic heterocycles. The van der Waals surface area contributed by atoms with Gasteiger partial charge in [0, 0.05) is 60.5 Å². The molecule has 0 aliphatic carbocycles. The van der Waals surface area contributed by atoms with Crippen LogP contribution in [-0.4, -0.2) is 13.4 Å². The summed E-state index contributed by atoms with van der Waals surface area (Å²) in [6, 6.07) is 83.7. The van der Waals surface area contributed by atoms with E-state index in [1.165, 1.54) is 32.2 Å². The molecule has 13 aromatic rings. The van der Waals surface area contributed by atoms with E-state index in [0.29, 0.717) is 0 Å². The van der Waals surface area contributed by atoms with Gasteiger partial charge in [0.05, 0.1) is 22.1 Å². The highest BCUT2D eigenvalue weighted by Gasteiger charge is 2.48. The number of nitrogens with zero attached hydrogens (tertiary/aromatic N) is 2. The second-order valence-electron chi connectivity index (χ2n) is 19.8. The topological polar surface area (TPSA) is 42.0 Å². The molecule has 74 heavy (non-hydrogen) atoms. The fourth-order valence-corrected chi connectivity index (χ4v) is 14.2. The SMILES string of the molecule is c1ccc(-c2cccc(-c3ccccc3)c2N2c3cc4c(cc3B3c5ccccc5N(c5ccccc5)c5c3c2cc2oc3ccccc3c52)B2c3ccccc3Oc3c2c(cc2oc5ccccc5c32)S4)cc1. The van der Waals surface area contributed by atoms with Crippen LogP contribution in [0.2, 0.25) is 0 Å². The number of hydrogen-bond acceptors (Lipinski definition) is 6. The number of furan rings is 2. The van der Waals surface area contributed by atoms with Crippen molar-refractivity contribution < 1.29 is 13.6 Å². The van der Waals surface area contributed by atoms with Crippen molar-refractivity contribution >= 4 is 136 Å². The van der Waals surface area contributed by atoms with E-state index in [1.807, 2.05) is 17.8 Å². The lowest BCUT2D eigenvalue weighted by atomic mass is 9.31. The zero-order valence-corrected chi connectivity index (χ0v) is 40.4. The van der Waals surface area contributed by atoms with Crippen molar-refractivity contribution in [2.24, 2.45) is 0 Å². The van der Waals surface area contributed by atoms with Crippen LogP contribution in [0.15, 0.2) is 249 Å². The van der Waals surface area contributed by atoms with Gasteiger partial charge in [0.1, 0.15) is 33.8 Å². The lowest BCUT2D eigenvalue weighted by Gasteiger charge is -2.45. The second-order valence-corrected chi connectivity index (χ2v) is 20.9. The van der Waals surface area contributed by atoms with E-state index in [1.54, 1.807) is 0 Å². The van der Waals surface area contributed by atoms with Crippen molar-refractivity contribution in [1.29, 1.82) is 0 Å². The van der Waals surface area contributed by atoms with Gasteiger partial charge in [-0.2, -0.15) is 0 Å². The predicted molar refractivity (Wildman–Crippen MR) is 308 cm³/mol. The van der Waals surface area contributed by atoms with Crippen LogP contribution >= 0.6 is 11.8 Å². The molecule has 0 atom stereocenters. The van der Waals surface area contributed by atoms with Crippen LogP contribution in [0.4, 0.5) is 34.1 Å². The van der Waals surface area contributed by atoms with Gasteiger partial charge in [0.2, 0.25) is 0 Å². The van der Waals surface area contributed by atoms with Crippen molar-refractivity contribution in [1.82, 2.24) is 0 Å². The molecule has 6 heterocycles. The van der Waals surface area contributed by atoms with E-state index < -0.39 is 0 Å². The summed E-state index contributed by atoms with van der Waals surface area (Å²) in [5.74, 6) is 1.76. The minimum absolute atomic E-state index is 0.102. The Morgan fingerprint density at radius 2 is 0.959 bits per heavy atom. The van der Waals surface area contributed by atoms with Crippen molar-refractivity contribution in [3.63, 3.8) is 0 Å². The van der Waals surface area contributed by atoms with Crippen LogP contribution in [0.5, 0.6) is 11.5 Å². The van der Waals surface area contributed by atoms with Crippen LogP contribution in [0.1, 0.15) is 0 Å². The Kier molecular flexibility index (Phi) is 8.33. The van der Waals surface area contributed by atoms with Crippen LogP contribution in [-0.2, 0) is 0 Å². The molecule has 0 radical (unpaired) electrons. The Bertz CT molecular complexity index is 4480. The average Bonchev–Trinajstić information content (AvgIpc) is 4.14. The largest absolute Gasteiger partial charge is 0.458 e. The molecule has 0 saturated heterocycles. The Morgan fingerprint density at radius 3 is 1.69 bits per heavy atom. The minimum atomic E-state index is -0.156. The molecule has 0 saturated carbocycles. The fraction of sp³-hybridized carbons (Fsp3) is 0. The molecule has 5 nitrogen and oxygen atoms in total. The van der Waals surface area contributed by atoms with E-state index in [9.17, 15) is 0 Å². The normalized spacial score (nSPS) is 13.6. The third-order valence-electron chi connectivity index (χ3n) is 15.9. The van der Waals surface area contributed by atoms with Gasteiger partial charge in [-0.15, -0.1) is 0 Å². The number of benzene rings is 11. The molecule has 0 unspecified atom stereocenters. The maximum absolute atomic E-state index is 7.10. The lowest BCUT2D eigenvalue weighted by molar-refractivity contribution is 0.492. The number of anilines is 6. The van der Waals surface area contributed by atoms with Crippen LogP contribution < -0.4 is 47.3 Å². The molecule has 8 heteroatoms. The number of para-hydroxylation sites is 6. The van der Waals surface area contributed by atoms with E-state index in [4.69, 9.17) is 13.6 Å². The quantitative estimate of drug-likeness (QED) is 0.164. The highest BCUT2D eigenvalue weighted by atomic mass is 32.2. The maximum atomic E-state index is 7.10. The molecular weight excluding hydrogens is 922 g/mol. The third kappa shape index (κ3) is 5.52. The van der Waals surface area contributed by atoms with E-state index in [2.05, 4.69) is 234 Å². The van der Waals surface area contributed by atoms with Crippen molar-refractivity contribution in [2.45, 2.75) is 9.79 Å². The maximum Gasteiger partial charge on any atom is 0.253 e. The second kappa shape index (κ2) is 15.2. The van der Waals surface area contributed by atoms with Gasteiger partial charge in [-0.1, -0.05) is 193 Å². The van der Waals surface area contributed by atoms with Crippen molar-refractivity contribution in [2.75, 3.05) is 9.80 Å². The Hall–Kier alpha value is -9.10. The summed E-state index contributed by atoms with van der Waals surface area (Å²) in [6.07, 6.45) is 0. The molecule has 17 rings (SSSR count). The summed E-state index contributed by atoms with van der Waals surface area (Å²) in [5.41, 5.74) is 22.0. The highest BCUT2D eigenvalue weighted by molar-refractivity contribution is 8.00. The Balaban J connectivity index is 1.04. The number of hydrogen-bond donors (Lipinski definition) is 0. The molecule has 4 aliphatic heterocycles. The molecule has 11 aromatic carbocycles. The van der Waals surface area contributed by atoms with Gasteiger partial charge >= 0.3 is 0 Å². The molecular formula is C66H38B2N2O3S. The molecule has 0 spiro atoms. The first-order valence-electron chi connectivity index (χ1n) is 25.3. The van der Waals surface area contributed by atoms with Gasteiger partial charge in [0.25, 0.3) is 13.4 Å². The Morgan fingerprint density at radius 1 is 0.365 bits per heavy atom. The van der Waals surface area contributed by atoms with Crippen LogP contribution in [0.3, 0.4) is 0 Å². The number of ether oxygens (including phenoxy) is 1. The zero-order chi connectivity index (χ0) is 48.2. The first-order valence-corrected chi connectivity index (χ1v) is 26.1. The number of fused-ring (bicyclic) bond motifs is 16. The van der Waals surface area contributed by atoms with Crippen LogP contribution in [0, 0.1) is 0 Å². The summed E-state index contributed by atoms with van der Waals surface area (Å²) >= 11 is 1.82. The third-order valence-corrected chi connectivity index (χ3v) is 17.1. The zero-order valence-electron chi connectivity index (χ0n) is 39.6. The smallest absolute Gasteiger partial charge is 0.253 e. The van der Waals surface area contributed by atoms with Gasteiger partial charge in [0.15, 0.2) is 0 Å². The Labute approximate surface area is 431 Å². The lowest BCUT2D eigenvalue weighted by Crippen LogP contribution is -2.64. The highest BCUT2D eigenvalue weighted by Crippen LogP contribution is 2.54. The summed E-state index contributed by atoms with van der Waals surface area (Å²) in [4.78, 5) is 7.45. The summed E-state index contributed by atoms with van der Waals surface area (Å²) in [7, 11) is 0. The monoisotopic (exact) mass is 960 g/mol. The summed E-state index contributed by atoms with van der Waals surface area (Å²) in [5, 5.41) is 4.28. The summed E-state index contributed by atoms with van der Waals surface area (Å²) in [6.45, 7) is -0.258.